The van der Waals surface area contributed by atoms with Gasteiger partial charge in [-0.25, -0.2) is 9.97 Å². The lowest BCUT2D eigenvalue weighted by molar-refractivity contribution is 0.997. The Morgan fingerprint density at radius 3 is 2.82 bits per heavy atom. The van der Waals surface area contributed by atoms with Crippen molar-refractivity contribution in [3.63, 3.8) is 0 Å². The standard InChI is InChI=1S/C13H14N4/c1-8-4-5-15-6-10(8)13-16-7-11(14)12(17-13)9-2-3-9/h4-7,9H,2-3,14H2,1H3. The zero-order valence-electron chi connectivity index (χ0n) is 9.72. The van der Waals surface area contributed by atoms with E-state index in [4.69, 9.17) is 5.73 Å². The van der Waals surface area contributed by atoms with Crippen LogP contribution in [0.2, 0.25) is 0 Å². The Kier molecular flexibility index (Phi) is 2.28. The van der Waals surface area contributed by atoms with Gasteiger partial charge in [0.2, 0.25) is 0 Å². The summed E-state index contributed by atoms with van der Waals surface area (Å²) in [5.41, 5.74) is 9.72. The fourth-order valence-corrected chi connectivity index (χ4v) is 1.92. The van der Waals surface area contributed by atoms with E-state index in [1.54, 1.807) is 18.6 Å². The van der Waals surface area contributed by atoms with Crippen molar-refractivity contribution in [2.24, 2.45) is 0 Å². The SMILES string of the molecule is Cc1ccncc1-c1ncc(N)c(C2CC2)n1. The van der Waals surface area contributed by atoms with Gasteiger partial charge in [0.25, 0.3) is 0 Å². The summed E-state index contributed by atoms with van der Waals surface area (Å²) in [6.45, 7) is 2.04. The molecule has 4 heteroatoms. The maximum absolute atomic E-state index is 5.91. The van der Waals surface area contributed by atoms with Crippen LogP contribution in [0.3, 0.4) is 0 Å². The first-order valence-corrected chi connectivity index (χ1v) is 5.79. The first-order valence-electron chi connectivity index (χ1n) is 5.79. The molecule has 0 aromatic carbocycles. The van der Waals surface area contributed by atoms with Gasteiger partial charge in [-0.2, -0.15) is 0 Å². The molecular weight excluding hydrogens is 212 g/mol. The van der Waals surface area contributed by atoms with Crippen LogP contribution in [0.15, 0.2) is 24.7 Å². The summed E-state index contributed by atoms with van der Waals surface area (Å²) in [5.74, 6) is 1.26. The molecule has 17 heavy (non-hydrogen) atoms. The molecule has 3 rings (SSSR count). The number of anilines is 1. The minimum Gasteiger partial charge on any atom is -0.396 e. The maximum Gasteiger partial charge on any atom is 0.161 e. The summed E-state index contributed by atoms with van der Waals surface area (Å²) in [7, 11) is 0. The smallest absolute Gasteiger partial charge is 0.161 e. The number of hydrogen-bond acceptors (Lipinski definition) is 4. The lowest BCUT2D eigenvalue weighted by atomic mass is 10.1. The van der Waals surface area contributed by atoms with Gasteiger partial charge in [0.05, 0.1) is 17.6 Å². The van der Waals surface area contributed by atoms with E-state index in [2.05, 4.69) is 15.0 Å². The molecule has 1 saturated carbocycles. The molecule has 2 aromatic rings. The Bertz CT molecular complexity index is 561. The number of pyridine rings is 1. The van der Waals surface area contributed by atoms with Crippen molar-refractivity contribution in [1.82, 2.24) is 15.0 Å². The van der Waals surface area contributed by atoms with Gasteiger partial charge in [0.1, 0.15) is 0 Å². The van der Waals surface area contributed by atoms with E-state index in [-0.39, 0.29) is 0 Å². The monoisotopic (exact) mass is 226 g/mol. The first kappa shape index (κ1) is 10.2. The molecule has 2 N–H and O–H groups in total. The molecule has 1 aliphatic carbocycles. The van der Waals surface area contributed by atoms with E-state index < -0.39 is 0 Å². The van der Waals surface area contributed by atoms with Crippen LogP contribution in [0.5, 0.6) is 0 Å². The highest BCUT2D eigenvalue weighted by Crippen LogP contribution is 2.41. The third-order valence-electron chi connectivity index (χ3n) is 3.09. The molecule has 0 radical (unpaired) electrons. The highest BCUT2D eigenvalue weighted by atomic mass is 14.9. The third-order valence-corrected chi connectivity index (χ3v) is 3.09. The number of aromatic nitrogens is 3. The molecule has 0 unspecified atom stereocenters. The molecule has 2 aromatic heterocycles. The van der Waals surface area contributed by atoms with Crippen molar-refractivity contribution in [3.8, 4) is 11.4 Å². The topological polar surface area (TPSA) is 64.7 Å². The van der Waals surface area contributed by atoms with Crippen LogP contribution in [-0.4, -0.2) is 15.0 Å². The number of rotatable bonds is 2. The Balaban J connectivity index is 2.09. The highest BCUT2D eigenvalue weighted by Gasteiger charge is 2.27. The Labute approximate surface area is 99.9 Å². The van der Waals surface area contributed by atoms with E-state index in [0.717, 1.165) is 22.6 Å². The van der Waals surface area contributed by atoms with Crippen LogP contribution in [-0.2, 0) is 0 Å². The molecule has 2 heterocycles. The molecule has 0 spiro atoms. The Morgan fingerprint density at radius 1 is 1.29 bits per heavy atom. The Morgan fingerprint density at radius 2 is 2.12 bits per heavy atom. The second-order valence-electron chi connectivity index (χ2n) is 4.50. The molecule has 1 aliphatic rings. The molecule has 86 valence electrons. The molecule has 0 atom stereocenters. The summed E-state index contributed by atoms with van der Waals surface area (Å²) in [6, 6.07) is 1.96. The van der Waals surface area contributed by atoms with Gasteiger partial charge in [0.15, 0.2) is 5.82 Å². The van der Waals surface area contributed by atoms with Crippen LogP contribution < -0.4 is 5.73 Å². The summed E-state index contributed by atoms with van der Waals surface area (Å²) >= 11 is 0. The van der Waals surface area contributed by atoms with Gasteiger partial charge >= 0.3 is 0 Å². The molecule has 0 saturated heterocycles. The fourth-order valence-electron chi connectivity index (χ4n) is 1.92. The van der Waals surface area contributed by atoms with Crippen molar-refractivity contribution >= 4 is 5.69 Å². The molecule has 0 bridgehead atoms. The van der Waals surface area contributed by atoms with Crippen LogP contribution >= 0.6 is 0 Å². The normalized spacial score (nSPS) is 14.9. The zero-order chi connectivity index (χ0) is 11.8. The van der Waals surface area contributed by atoms with Crippen molar-refractivity contribution in [1.29, 1.82) is 0 Å². The minimum atomic E-state index is 0.536. The van der Waals surface area contributed by atoms with Crippen LogP contribution in [0.1, 0.15) is 30.0 Å². The lowest BCUT2D eigenvalue weighted by Gasteiger charge is -2.07. The quantitative estimate of drug-likeness (QED) is 0.853. The van der Waals surface area contributed by atoms with Crippen LogP contribution in [0.25, 0.3) is 11.4 Å². The lowest BCUT2D eigenvalue weighted by Crippen LogP contribution is -2.01. The summed E-state index contributed by atoms with van der Waals surface area (Å²) in [5, 5.41) is 0. The number of aryl methyl sites for hydroxylation is 1. The Hall–Kier alpha value is -1.97. The predicted molar refractivity (Wildman–Crippen MR) is 66.4 cm³/mol. The van der Waals surface area contributed by atoms with E-state index in [9.17, 15) is 0 Å². The first-order chi connectivity index (χ1) is 8.25. The zero-order valence-corrected chi connectivity index (χ0v) is 9.72. The molecule has 0 aliphatic heterocycles. The molecule has 1 fully saturated rings. The van der Waals surface area contributed by atoms with Crippen molar-refractivity contribution in [3.05, 3.63) is 35.9 Å². The third kappa shape index (κ3) is 1.86. The van der Waals surface area contributed by atoms with Crippen molar-refractivity contribution in [2.75, 3.05) is 5.73 Å². The van der Waals surface area contributed by atoms with Crippen molar-refractivity contribution < 1.29 is 0 Å². The summed E-state index contributed by atoms with van der Waals surface area (Å²) in [4.78, 5) is 13.0. The number of nitrogen functional groups attached to an aromatic ring is 1. The highest BCUT2D eigenvalue weighted by molar-refractivity contribution is 5.60. The van der Waals surface area contributed by atoms with Gasteiger partial charge in [-0.05, 0) is 31.4 Å². The maximum atomic E-state index is 5.91. The summed E-state index contributed by atoms with van der Waals surface area (Å²) in [6.07, 6.45) is 7.66. The average molecular weight is 226 g/mol. The molecule has 4 nitrogen and oxygen atoms in total. The number of nitrogens with zero attached hydrogens (tertiary/aromatic N) is 3. The van der Waals surface area contributed by atoms with Crippen LogP contribution in [0.4, 0.5) is 5.69 Å². The van der Waals surface area contributed by atoms with E-state index in [0.29, 0.717) is 11.6 Å². The summed E-state index contributed by atoms with van der Waals surface area (Å²) < 4.78 is 0. The van der Waals surface area contributed by atoms with E-state index in [1.165, 1.54) is 12.8 Å². The minimum absolute atomic E-state index is 0.536. The number of nitrogens with two attached hydrogens (primary N) is 1. The number of hydrogen-bond donors (Lipinski definition) is 1. The predicted octanol–water partition coefficient (Wildman–Crippen LogP) is 2.31. The molecular formula is C13H14N4. The van der Waals surface area contributed by atoms with E-state index in [1.807, 2.05) is 13.0 Å². The van der Waals surface area contributed by atoms with Gasteiger partial charge in [-0.15, -0.1) is 0 Å². The van der Waals surface area contributed by atoms with Gasteiger partial charge in [-0.1, -0.05) is 0 Å². The van der Waals surface area contributed by atoms with E-state index >= 15 is 0 Å². The van der Waals surface area contributed by atoms with Gasteiger partial charge in [-0.3, -0.25) is 4.98 Å². The van der Waals surface area contributed by atoms with Gasteiger partial charge < -0.3 is 5.73 Å². The average Bonchev–Trinajstić information content (AvgIpc) is 3.15. The van der Waals surface area contributed by atoms with Gasteiger partial charge in [0, 0.05) is 23.9 Å². The van der Waals surface area contributed by atoms with Crippen molar-refractivity contribution in [2.45, 2.75) is 25.7 Å². The second kappa shape index (κ2) is 3.80. The second-order valence-corrected chi connectivity index (χ2v) is 4.50. The van der Waals surface area contributed by atoms with Crippen LogP contribution in [0, 0.1) is 6.92 Å². The fraction of sp³-hybridized carbons (Fsp3) is 0.308. The largest absolute Gasteiger partial charge is 0.396 e. The molecule has 0 amide bonds.